The molecule has 132 valence electrons. The Hall–Kier alpha value is -3.41. The van der Waals surface area contributed by atoms with Gasteiger partial charge in [-0.3, -0.25) is 4.79 Å². The van der Waals surface area contributed by atoms with Gasteiger partial charge < -0.3 is 14.5 Å². The molecule has 0 radical (unpaired) electrons. The van der Waals surface area contributed by atoms with Gasteiger partial charge in [-0.25, -0.2) is 9.78 Å². The molecule has 0 aliphatic heterocycles. The second-order valence-electron chi connectivity index (χ2n) is 5.83. The Morgan fingerprint density at radius 1 is 1.19 bits per heavy atom. The number of hydrogen-bond acceptors (Lipinski definition) is 5. The van der Waals surface area contributed by atoms with Crippen LogP contribution in [0.25, 0.3) is 17.2 Å². The summed E-state index contributed by atoms with van der Waals surface area (Å²) < 4.78 is 10.4. The van der Waals surface area contributed by atoms with E-state index in [1.165, 1.54) is 12.2 Å². The van der Waals surface area contributed by atoms with Crippen LogP contribution < -0.4 is 5.32 Å². The summed E-state index contributed by atoms with van der Waals surface area (Å²) in [6.45, 7) is 3.46. The molecule has 0 unspecified atom stereocenters. The number of aromatic nitrogens is 1. The van der Waals surface area contributed by atoms with E-state index in [4.69, 9.17) is 9.15 Å². The van der Waals surface area contributed by atoms with E-state index >= 15 is 0 Å². The van der Waals surface area contributed by atoms with Crippen molar-refractivity contribution in [3.8, 4) is 0 Å². The number of para-hydroxylation sites is 2. The second-order valence-corrected chi connectivity index (χ2v) is 5.83. The van der Waals surface area contributed by atoms with Gasteiger partial charge in [-0.2, -0.15) is 0 Å². The van der Waals surface area contributed by atoms with E-state index < -0.39 is 11.9 Å². The van der Waals surface area contributed by atoms with Gasteiger partial charge in [-0.15, -0.1) is 0 Å². The fourth-order valence-electron chi connectivity index (χ4n) is 2.34. The lowest BCUT2D eigenvalue weighted by Gasteiger charge is -2.09. The molecule has 0 bridgehead atoms. The van der Waals surface area contributed by atoms with E-state index in [0.29, 0.717) is 22.7 Å². The van der Waals surface area contributed by atoms with Crippen LogP contribution in [0.1, 0.15) is 17.0 Å². The molecule has 0 saturated carbocycles. The molecule has 1 amide bonds. The lowest BCUT2D eigenvalue weighted by Crippen LogP contribution is -2.20. The highest BCUT2D eigenvalue weighted by Crippen LogP contribution is 2.16. The van der Waals surface area contributed by atoms with Crippen LogP contribution in [0.4, 0.5) is 5.69 Å². The highest BCUT2D eigenvalue weighted by molar-refractivity contribution is 5.95. The Morgan fingerprint density at radius 2 is 2.00 bits per heavy atom. The molecule has 0 fully saturated rings. The molecule has 3 aromatic rings. The van der Waals surface area contributed by atoms with Crippen molar-refractivity contribution in [1.29, 1.82) is 0 Å². The maximum atomic E-state index is 11.9. The molecular formula is C20H18N2O4. The topological polar surface area (TPSA) is 81.4 Å². The summed E-state index contributed by atoms with van der Waals surface area (Å²) in [5.74, 6) is -0.756. The Labute approximate surface area is 150 Å². The van der Waals surface area contributed by atoms with Gasteiger partial charge >= 0.3 is 5.97 Å². The summed E-state index contributed by atoms with van der Waals surface area (Å²) in [6.07, 6.45) is 2.58. The molecule has 0 aliphatic rings. The first-order valence-corrected chi connectivity index (χ1v) is 8.09. The van der Waals surface area contributed by atoms with Crippen LogP contribution >= 0.6 is 0 Å². The van der Waals surface area contributed by atoms with Crippen LogP contribution in [0.5, 0.6) is 0 Å². The van der Waals surface area contributed by atoms with Crippen molar-refractivity contribution in [3.05, 3.63) is 65.6 Å². The number of carbonyl (C=O) groups excluding carboxylic acids is 2. The number of rotatable bonds is 5. The van der Waals surface area contributed by atoms with Crippen molar-refractivity contribution < 1.29 is 18.7 Å². The van der Waals surface area contributed by atoms with Crippen molar-refractivity contribution in [2.75, 3.05) is 11.9 Å². The number of amides is 1. The van der Waals surface area contributed by atoms with E-state index in [-0.39, 0.29) is 6.61 Å². The van der Waals surface area contributed by atoms with Crippen LogP contribution in [0.3, 0.4) is 0 Å². The highest BCUT2D eigenvalue weighted by Gasteiger charge is 2.08. The van der Waals surface area contributed by atoms with Gasteiger partial charge in [0, 0.05) is 17.8 Å². The van der Waals surface area contributed by atoms with Gasteiger partial charge in [-0.05, 0) is 43.2 Å². The minimum absolute atomic E-state index is 0.294. The Morgan fingerprint density at radius 3 is 2.81 bits per heavy atom. The van der Waals surface area contributed by atoms with Gasteiger partial charge in [0.25, 0.3) is 5.91 Å². The molecule has 1 aromatic heterocycles. The molecule has 0 saturated heterocycles. The van der Waals surface area contributed by atoms with Crippen LogP contribution in [-0.2, 0) is 14.3 Å². The van der Waals surface area contributed by atoms with Crippen molar-refractivity contribution in [2.24, 2.45) is 0 Å². The first-order valence-electron chi connectivity index (χ1n) is 8.09. The van der Waals surface area contributed by atoms with E-state index in [2.05, 4.69) is 10.3 Å². The van der Waals surface area contributed by atoms with Crippen molar-refractivity contribution in [1.82, 2.24) is 4.98 Å². The molecule has 2 aromatic carbocycles. The van der Waals surface area contributed by atoms with Crippen molar-refractivity contribution in [2.45, 2.75) is 13.8 Å². The van der Waals surface area contributed by atoms with E-state index in [1.54, 1.807) is 6.07 Å². The van der Waals surface area contributed by atoms with Gasteiger partial charge in [0.05, 0.1) is 0 Å². The van der Waals surface area contributed by atoms with Crippen LogP contribution in [0, 0.1) is 13.8 Å². The van der Waals surface area contributed by atoms with Gasteiger partial charge in [0.1, 0.15) is 5.52 Å². The number of nitrogens with zero attached hydrogens (tertiary/aromatic N) is 1. The average molecular weight is 350 g/mol. The number of carbonyl (C=O) groups is 2. The zero-order chi connectivity index (χ0) is 18.5. The Balaban J connectivity index is 1.53. The van der Waals surface area contributed by atoms with E-state index in [0.717, 1.165) is 11.1 Å². The molecule has 1 N–H and O–H groups in total. The average Bonchev–Trinajstić information content (AvgIpc) is 3.04. The summed E-state index contributed by atoms with van der Waals surface area (Å²) >= 11 is 0. The number of ether oxygens (including phenoxy) is 1. The summed E-state index contributed by atoms with van der Waals surface area (Å²) in [7, 11) is 0. The number of aryl methyl sites for hydroxylation is 2. The fourth-order valence-corrected chi connectivity index (χ4v) is 2.34. The first-order chi connectivity index (χ1) is 12.5. The number of benzene rings is 2. The summed E-state index contributed by atoms with van der Waals surface area (Å²) in [6, 6.07) is 13.0. The third kappa shape index (κ3) is 4.36. The SMILES string of the molecule is Cc1ccc(C)c(NC(=O)COC(=O)/C=C/c2nc3ccccc3o2)c1. The minimum atomic E-state index is -0.650. The molecule has 0 spiro atoms. The summed E-state index contributed by atoms with van der Waals surface area (Å²) in [5, 5.41) is 2.73. The second kappa shape index (κ2) is 7.65. The zero-order valence-electron chi connectivity index (χ0n) is 14.5. The molecule has 26 heavy (non-hydrogen) atoms. The van der Waals surface area contributed by atoms with E-state index in [9.17, 15) is 9.59 Å². The molecule has 0 aliphatic carbocycles. The number of fused-ring (bicyclic) bond motifs is 1. The van der Waals surface area contributed by atoms with Crippen LogP contribution in [0.2, 0.25) is 0 Å². The standard InChI is InChI=1S/C20H18N2O4/c1-13-7-8-14(2)16(11-13)21-18(23)12-25-20(24)10-9-19-22-15-5-3-4-6-17(15)26-19/h3-11H,12H2,1-2H3,(H,21,23)/b10-9+. The van der Waals surface area contributed by atoms with Gasteiger partial charge in [-0.1, -0.05) is 24.3 Å². The van der Waals surface area contributed by atoms with Crippen molar-refractivity contribution in [3.63, 3.8) is 0 Å². The lowest BCUT2D eigenvalue weighted by molar-refractivity contribution is -0.142. The molecule has 0 atom stereocenters. The van der Waals surface area contributed by atoms with Gasteiger partial charge in [0.2, 0.25) is 5.89 Å². The number of oxazole rings is 1. The van der Waals surface area contributed by atoms with Gasteiger partial charge in [0.15, 0.2) is 12.2 Å². The number of anilines is 1. The Kier molecular flexibility index (Phi) is 5.12. The largest absolute Gasteiger partial charge is 0.452 e. The zero-order valence-corrected chi connectivity index (χ0v) is 14.5. The minimum Gasteiger partial charge on any atom is -0.452 e. The number of esters is 1. The third-order valence-corrected chi connectivity index (χ3v) is 3.69. The smallest absolute Gasteiger partial charge is 0.331 e. The molecule has 6 nitrogen and oxygen atoms in total. The van der Waals surface area contributed by atoms with Crippen LogP contribution in [-0.4, -0.2) is 23.5 Å². The number of nitrogens with one attached hydrogen (secondary N) is 1. The quantitative estimate of drug-likeness (QED) is 0.561. The summed E-state index contributed by atoms with van der Waals surface area (Å²) in [4.78, 5) is 27.9. The molecule has 6 heteroatoms. The Bertz CT molecular complexity index is 955. The van der Waals surface area contributed by atoms with Crippen LogP contribution in [0.15, 0.2) is 53.0 Å². The summed E-state index contributed by atoms with van der Waals surface area (Å²) in [5.41, 5.74) is 4.00. The predicted octanol–water partition coefficient (Wildman–Crippen LogP) is 3.64. The highest BCUT2D eigenvalue weighted by atomic mass is 16.5. The predicted molar refractivity (Wildman–Crippen MR) is 98.5 cm³/mol. The molecule has 1 heterocycles. The number of hydrogen-bond donors (Lipinski definition) is 1. The molecule has 3 rings (SSSR count). The van der Waals surface area contributed by atoms with Crippen molar-refractivity contribution >= 4 is 34.7 Å². The fraction of sp³-hybridized carbons (Fsp3) is 0.150. The third-order valence-electron chi connectivity index (χ3n) is 3.69. The lowest BCUT2D eigenvalue weighted by atomic mass is 10.1. The molecular weight excluding hydrogens is 332 g/mol. The van der Waals surface area contributed by atoms with E-state index in [1.807, 2.05) is 50.2 Å². The maximum Gasteiger partial charge on any atom is 0.331 e. The normalized spacial score (nSPS) is 11.0. The maximum absolute atomic E-state index is 11.9. The monoisotopic (exact) mass is 350 g/mol. The first kappa shape index (κ1) is 17.4.